The standard InChI is InChI=1S/C23H25N5O3S2/c1-28-16-15-25-23(28)32-18-12-10-17(11-13-18)26-21(29)9-3-2-6-14-24-22-19-7-4-5-8-20(19)33(30,31)27-22/h4-5,7-8,10-13,15-16H,2-3,6,9,14H2,1H3,(H,24,27)(H,26,29). The van der Waals surface area contributed by atoms with Crippen LogP contribution in [0.5, 0.6) is 0 Å². The molecule has 2 aromatic carbocycles. The van der Waals surface area contributed by atoms with Gasteiger partial charge in [-0.15, -0.1) is 0 Å². The molecule has 0 saturated heterocycles. The summed E-state index contributed by atoms with van der Waals surface area (Å²) in [4.78, 5) is 22.2. The van der Waals surface area contributed by atoms with E-state index in [4.69, 9.17) is 0 Å². The maximum Gasteiger partial charge on any atom is 0.263 e. The van der Waals surface area contributed by atoms with Gasteiger partial charge in [0.05, 0.1) is 4.90 Å². The van der Waals surface area contributed by atoms with Crippen molar-refractivity contribution in [3.05, 3.63) is 66.5 Å². The van der Waals surface area contributed by atoms with Crippen molar-refractivity contribution >= 4 is 39.2 Å². The summed E-state index contributed by atoms with van der Waals surface area (Å²) in [7, 11) is -1.55. The van der Waals surface area contributed by atoms with Gasteiger partial charge in [-0.2, -0.15) is 0 Å². The molecule has 1 aliphatic rings. The van der Waals surface area contributed by atoms with E-state index in [0.717, 1.165) is 35.0 Å². The van der Waals surface area contributed by atoms with Gasteiger partial charge in [0, 0.05) is 48.6 Å². The Hall–Kier alpha value is -3.11. The van der Waals surface area contributed by atoms with E-state index in [2.05, 4.69) is 20.0 Å². The molecule has 0 atom stereocenters. The fourth-order valence-corrected chi connectivity index (χ4v) is 5.45. The van der Waals surface area contributed by atoms with Crippen LogP contribution in [0.15, 0.2) is 80.9 Å². The molecule has 1 amide bonds. The van der Waals surface area contributed by atoms with Crippen molar-refractivity contribution in [2.45, 2.75) is 40.6 Å². The van der Waals surface area contributed by atoms with Crippen LogP contribution in [0.1, 0.15) is 31.2 Å². The Balaban J connectivity index is 1.17. The molecular weight excluding hydrogens is 458 g/mol. The predicted octanol–water partition coefficient (Wildman–Crippen LogP) is 3.81. The number of aryl methyl sites for hydroxylation is 1. The average Bonchev–Trinajstić information content (AvgIpc) is 3.32. The van der Waals surface area contributed by atoms with Crippen LogP contribution in [0.2, 0.25) is 0 Å². The highest BCUT2D eigenvalue weighted by Crippen LogP contribution is 2.27. The van der Waals surface area contributed by atoms with Crippen molar-refractivity contribution in [2.75, 3.05) is 11.9 Å². The van der Waals surface area contributed by atoms with Gasteiger partial charge >= 0.3 is 0 Å². The normalized spacial score (nSPS) is 15.2. The third kappa shape index (κ3) is 5.82. The number of amides is 1. The van der Waals surface area contributed by atoms with Crippen LogP contribution in [0, 0.1) is 0 Å². The first-order valence-corrected chi connectivity index (χ1v) is 12.9. The van der Waals surface area contributed by atoms with Crippen LogP contribution in [-0.2, 0) is 21.9 Å². The average molecular weight is 484 g/mol. The van der Waals surface area contributed by atoms with Gasteiger partial charge in [0.15, 0.2) is 5.16 Å². The van der Waals surface area contributed by atoms with Gasteiger partial charge in [-0.3, -0.25) is 14.5 Å². The molecule has 0 radical (unpaired) electrons. The number of hydrogen-bond acceptors (Lipinski definition) is 6. The molecule has 8 nitrogen and oxygen atoms in total. The molecule has 0 unspecified atom stereocenters. The number of nitrogens with one attached hydrogen (secondary N) is 2. The number of imidazole rings is 1. The summed E-state index contributed by atoms with van der Waals surface area (Å²) in [6.45, 7) is 0.503. The second-order valence-corrected chi connectivity index (χ2v) is 10.3. The lowest BCUT2D eigenvalue weighted by Gasteiger charge is -2.07. The van der Waals surface area contributed by atoms with Crippen LogP contribution >= 0.6 is 11.8 Å². The van der Waals surface area contributed by atoms with Gasteiger partial charge in [0.1, 0.15) is 5.84 Å². The molecule has 0 fully saturated rings. The fourth-order valence-electron chi connectivity index (χ4n) is 3.40. The number of carbonyl (C=O) groups excluding carboxylic acids is 1. The number of rotatable bonds is 9. The van der Waals surface area contributed by atoms with Crippen LogP contribution in [-0.4, -0.2) is 36.3 Å². The van der Waals surface area contributed by atoms with Crippen molar-refractivity contribution in [1.82, 2.24) is 14.3 Å². The molecule has 33 heavy (non-hydrogen) atoms. The monoisotopic (exact) mass is 483 g/mol. The molecule has 0 aliphatic carbocycles. The summed E-state index contributed by atoms with van der Waals surface area (Å²) < 4.78 is 28.6. The lowest BCUT2D eigenvalue weighted by molar-refractivity contribution is -0.116. The number of unbranched alkanes of at least 4 members (excludes halogenated alkanes) is 2. The molecule has 4 rings (SSSR count). The first-order chi connectivity index (χ1) is 15.9. The maximum atomic E-state index is 12.2. The summed E-state index contributed by atoms with van der Waals surface area (Å²) in [6.07, 6.45) is 6.44. The quantitative estimate of drug-likeness (QED) is 0.450. The Kier molecular flexibility index (Phi) is 7.14. The fraction of sp³-hybridized carbons (Fsp3) is 0.261. The molecule has 1 aliphatic heterocycles. The molecule has 0 spiro atoms. The van der Waals surface area contributed by atoms with Gasteiger partial charge in [0.2, 0.25) is 5.91 Å². The first-order valence-electron chi connectivity index (χ1n) is 10.6. The van der Waals surface area contributed by atoms with E-state index in [1.54, 1.807) is 42.2 Å². The zero-order valence-corrected chi connectivity index (χ0v) is 19.8. The zero-order valence-electron chi connectivity index (χ0n) is 18.2. The molecule has 172 valence electrons. The van der Waals surface area contributed by atoms with E-state index in [9.17, 15) is 13.2 Å². The van der Waals surface area contributed by atoms with Crippen molar-refractivity contribution < 1.29 is 13.2 Å². The van der Waals surface area contributed by atoms with Crippen molar-refractivity contribution in [3.63, 3.8) is 0 Å². The second kappa shape index (κ2) is 10.2. The minimum atomic E-state index is -3.50. The van der Waals surface area contributed by atoms with Gasteiger partial charge in [0.25, 0.3) is 10.0 Å². The topological polar surface area (TPSA) is 105 Å². The summed E-state index contributed by atoms with van der Waals surface area (Å²) in [5.41, 5.74) is 1.38. The number of hydrogen-bond donors (Lipinski definition) is 2. The Labute approximate surface area is 197 Å². The maximum absolute atomic E-state index is 12.2. The number of amidine groups is 1. The zero-order chi connectivity index (χ0) is 23.3. The molecule has 3 aromatic rings. The molecular formula is C23H25N5O3S2. The third-order valence-corrected chi connectivity index (χ3v) is 7.60. The van der Waals surface area contributed by atoms with Crippen LogP contribution in [0.25, 0.3) is 0 Å². The van der Waals surface area contributed by atoms with Crippen LogP contribution in [0.4, 0.5) is 5.69 Å². The lowest BCUT2D eigenvalue weighted by atomic mass is 10.2. The van der Waals surface area contributed by atoms with E-state index >= 15 is 0 Å². The van der Waals surface area contributed by atoms with E-state index in [-0.39, 0.29) is 10.8 Å². The van der Waals surface area contributed by atoms with Gasteiger partial charge in [-0.1, -0.05) is 30.3 Å². The van der Waals surface area contributed by atoms with Crippen molar-refractivity contribution in [3.8, 4) is 0 Å². The van der Waals surface area contributed by atoms with Crippen molar-refractivity contribution in [2.24, 2.45) is 12.0 Å². The Morgan fingerprint density at radius 2 is 1.91 bits per heavy atom. The Morgan fingerprint density at radius 3 is 2.67 bits per heavy atom. The number of nitrogens with zero attached hydrogens (tertiary/aromatic N) is 3. The highest BCUT2D eigenvalue weighted by atomic mass is 32.2. The largest absolute Gasteiger partial charge is 0.329 e. The number of sulfonamides is 1. The molecule has 2 heterocycles. The molecule has 2 N–H and O–H groups in total. The molecule has 0 saturated carbocycles. The van der Waals surface area contributed by atoms with Crippen molar-refractivity contribution in [1.29, 1.82) is 0 Å². The van der Waals surface area contributed by atoms with Crippen LogP contribution < -0.4 is 10.0 Å². The number of benzene rings is 2. The first kappa shape index (κ1) is 23.1. The van der Waals surface area contributed by atoms with E-state index in [1.165, 1.54) is 0 Å². The highest BCUT2D eigenvalue weighted by molar-refractivity contribution is 7.99. The van der Waals surface area contributed by atoms with Gasteiger partial charge in [-0.25, -0.2) is 13.4 Å². The minimum Gasteiger partial charge on any atom is -0.329 e. The summed E-state index contributed by atoms with van der Waals surface area (Å²) in [5.74, 6) is 0.371. The van der Waals surface area contributed by atoms with Gasteiger partial charge < -0.3 is 9.88 Å². The second-order valence-electron chi connectivity index (χ2n) is 7.64. The number of aromatic nitrogens is 2. The molecule has 10 heteroatoms. The van der Waals surface area contributed by atoms with E-state index in [0.29, 0.717) is 24.4 Å². The predicted molar refractivity (Wildman–Crippen MR) is 129 cm³/mol. The minimum absolute atomic E-state index is 0.0247. The Morgan fingerprint density at radius 1 is 1.12 bits per heavy atom. The summed E-state index contributed by atoms with van der Waals surface area (Å²) >= 11 is 1.57. The number of anilines is 1. The molecule has 1 aromatic heterocycles. The number of aliphatic imine (C=N–C) groups is 1. The lowest BCUT2D eigenvalue weighted by Crippen LogP contribution is -2.22. The smallest absolute Gasteiger partial charge is 0.263 e. The SMILES string of the molecule is Cn1ccnc1Sc1ccc(NC(=O)CCCCCN=C2NS(=O)(=O)c3ccccc32)cc1. The summed E-state index contributed by atoms with van der Waals surface area (Å²) in [6, 6.07) is 14.5. The highest BCUT2D eigenvalue weighted by Gasteiger charge is 2.29. The van der Waals surface area contributed by atoms with E-state index in [1.807, 2.05) is 42.1 Å². The molecule has 0 bridgehead atoms. The Bertz CT molecular complexity index is 1270. The number of fused-ring (bicyclic) bond motifs is 1. The third-order valence-electron chi connectivity index (χ3n) is 5.12. The summed E-state index contributed by atoms with van der Waals surface area (Å²) in [5, 5.41) is 3.83. The van der Waals surface area contributed by atoms with E-state index < -0.39 is 10.0 Å². The van der Waals surface area contributed by atoms with Crippen LogP contribution in [0.3, 0.4) is 0 Å². The number of carbonyl (C=O) groups is 1. The van der Waals surface area contributed by atoms with Gasteiger partial charge in [-0.05, 0) is 49.2 Å².